The van der Waals surface area contributed by atoms with E-state index in [0.29, 0.717) is 11.6 Å². The average Bonchev–Trinajstić information content (AvgIpc) is 3.06. The molecule has 3 aromatic carbocycles. The van der Waals surface area contributed by atoms with E-state index in [1.165, 1.54) is 5.56 Å². The standard InChI is InChI=1S/C23H20BrNO3S/c1-14-6-11-22-19(12-14)20-13-21(17-4-2-3-5-18(17)23(20)28-22)25-29(26,27)16-9-7-15(24)8-10-16/h2-5,7-10,13-14,25H,6,11-12H2,1H3/t14-/m0/s1. The summed E-state index contributed by atoms with van der Waals surface area (Å²) in [5, 5.41) is 2.78. The van der Waals surface area contributed by atoms with Crippen LogP contribution in [0.25, 0.3) is 21.7 Å². The molecule has 0 spiro atoms. The van der Waals surface area contributed by atoms with Gasteiger partial charge < -0.3 is 4.42 Å². The van der Waals surface area contributed by atoms with Crippen LogP contribution in [0.5, 0.6) is 0 Å². The number of hydrogen-bond donors (Lipinski definition) is 1. The van der Waals surface area contributed by atoms with E-state index in [1.54, 1.807) is 24.3 Å². The van der Waals surface area contributed by atoms with Gasteiger partial charge in [-0.25, -0.2) is 8.42 Å². The van der Waals surface area contributed by atoms with Gasteiger partial charge >= 0.3 is 0 Å². The van der Waals surface area contributed by atoms with Crippen molar-refractivity contribution in [2.75, 3.05) is 4.72 Å². The van der Waals surface area contributed by atoms with Crippen molar-refractivity contribution in [3.63, 3.8) is 0 Å². The molecule has 4 aromatic rings. The molecular weight excluding hydrogens is 450 g/mol. The molecule has 0 aliphatic heterocycles. The van der Waals surface area contributed by atoms with Crippen LogP contribution in [-0.4, -0.2) is 8.42 Å². The quantitative estimate of drug-likeness (QED) is 0.384. The molecule has 148 valence electrons. The Hall–Kier alpha value is -2.31. The monoisotopic (exact) mass is 469 g/mol. The predicted molar refractivity (Wildman–Crippen MR) is 120 cm³/mol. The maximum atomic E-state index is 13.0. The fraction of sp³-hybridized carbons (Fsp3) is 0.217. The van der Waals surface area contributed by atoms with Gasteiger partial charge in [0.25, 0.3) is 10.0 Å². The summed E-state index contributed by atoms with van der Waals surface area (Å²) in [6.45, 7) is 2.25. The number of aryl methyl sites for hydroxylation is 1. The SMILES string of the molecule is C[C@H]1CCc2oc3c(cc(NS(=O)(=O)c4ccc(Br)cc4)c4ccccc43)c2C1. The van der Waals surface area contributed by atoms with Crippen molar-refractivity contribution in [3.05, 3.63) is 70.4 Å². The zero-order valence-corrected chi connectivity index (χ0v) is 18.3. The maximum absolute atomic E-state index is 13.0. The third-order valence-electron chi connectivity index (χ3n) is 5.67. The van der Waals surface area contributed by atoms with Crippen LogP contribution >= 0.6 is 15.9 Å². The van der Waals surface area contributed by atoms with Gasteiger partial charge in [0.1, 0.15) is 11.3 Å². The molecule has 0 radical (unpaired) electrons. The van der Waals surface area contributed by atoms with E-state index in [9.17, 15) is 8.42 Å². The van der Waals surface area contributed by atoms with Crippen LogP contribution in [0.3, 0.4) is 0 Å². The molecule has 5 rings (SSSR count). The third-order valence-corrected chi connectivity index (χ3v) is 7.58. The maximum Gasteiger partial charge on any atom is 0.261 e. The van der Waals surface area contributed by atoms with Crippen LogP contribution in [0.1, 0.15) is 24.7 Å². The second kappa shape index (κ2) is 6.89. The highest BCUT2D eigenvalue weighted by Crippen LogP contribution is 2.40. The van der Waals surface area contributed by atoms with E-state index in [2.05, 4.69) is 27.6 Å². The number of anilines is 1. The van der Waals surface area contributed by atoms with Gasteiger partial charge in [-0.05, 0) is 49.1 Å². The van der Waals surface area contributed by atoms with E-state index >= 15 is 0 Å². The second-order valence-electron chi connectivity index (χ2n) is 7.76. The smallest absolute Gasteiger partial charge is 0.261 e. The zero-order chi connectivity index (χ0) is 20.2. The lowest BCUT2D eigenvalue weighted by molar-refractivity contribution is 0.439. The van der Waals surface area contributed by atoms with Gasteiger partial charge in [0, 0.05) is 32.6 Å². The minimum Gasteiger partial charge on any atom is -0.460 e. The average molecular weight is 470 g/mol. The van der Waals surface area contributed by atoms with E-state index < -0.39 is 10.0 Å². The number of rotatable bonds is 3. The van der Waals surface area contributed by atoms with E-state index in [4.69, 9.17) is 4.42 Å². The van der Waals surface area contributed by atoms with Crippen molar-refractivity contribution in [3.8, 4) is 0 Å². The third kappa shape index (κ3) is 3.24. The molecule has 0 saturated heterocycles. The number of hydrogen-bond acceptors (Lipinski definition) is 3. The molecule has 0 fully saturated rings. The highest BCUT2D eigenvalue weighted by atomic mass is 79.9. The van der Waals surface area contributed by atoms with Gasteiger partial charge in [-0.3, -0.25) is 4.72 Å². The summed E-state index contributed by atoms with van der Waals surface area (Å²) < 4.78 is 35.9. The predicted octanol–water partition coefficient (Wildman–Crippen LogP) is 6.27. The Labute approximate surface area is 178 Å². The highest BCUT2D eigenvalue weighted by Gasteiger charge is 2.25. The van der Waals surface area contributed by atoms with Crippen LogP contribution in [0.4, 0.5) is 5.69 Å². The van der Waals surface area contributed by atoms with E-state index in [1.807, 2.05) is 30.3 Å². The molecule has 0 bridgehead atoms. The van der Waals surface area contributed by atoms with Crippen molar-refractivity contribution < 1.29 is 12.8 Å². The minimum absolute atomic E-state index is 0.229. The Kier molecular flexibility index (Phi) is 4.44. The lowest BCUT2D eigenvalue weighted by Crippen LogP contribution is -2.13. The van der Waals surface area contributed by atoms with Crippen molar-refractivity contribution in [1.29, 1.82) is 0 Å². The van der Waals surface area contributed by atoms with Crippen LogP contribution in [0.2, 0.25) is 0 Å². The van der Waals surface area contributed by atoms with Gasteiger partial charge in [-0.15, -0.1) is 0 Å². The first-order valence-corrected chi connectivity index (χ1v) is 11.9. The molecule has 1 atom stereocenters. The van der Waals surface area contributed by atoms with Crippen LogP contribution < -0.4 is 4.72 Å². The number of nitrogens with one attached hydrogen (secondary N) is 1. The van der Waals surface area contributed by atoms with Crippen LogP contribution in [0, 0.1) is 5.92 Å². The molecule has 6 heteroatoms. The Balaban J connectivity index is 1.70. The molecule has 29 heavy (non-hydrogen) atoms. The molecule has 0 saturated carbocycles. The molecular formula is C23H20BrNO3S. The molecule has 4 nitrogen and oxygen atoms in total. The number of fused-ring (bicyclic) bond motifs is 5. The first-order chi connectivity index (χ1) is 13.9. The first kappa shape index (κ1) is 18.7. The van der Waals surface area contributed by atoms with Crippen LogP contribution in [-0.2, 0) is 22.9 Å². The summed E-state index contributed by atoms with van der Waals surface area (Å²) in [4.78, 5) is 0.229. The Morgan fingerprint density at radius 2 is 1.76 bits per heavy atom. The summed E-state index contributed by atoms with van der Waals surface area (Å²) in [6.07, 6.45) is 3.01. The van der Waals surface area contributed by atoms with Gasteiger partial charge in [0.2, 0.25) is 0 Å². The van der Waals surface area contributed by atoms with Crippen LogP contribution in [0.15, 0.2) is 68.4 Å². The largest absolute Gasteiger partial charge is 0.460 e. The molecule has 1 heterocycles. The van der Waals surface area contributed by atoms with Gasteiger partial charge in [-0.1, -0.05) is 47.1 Å². The fourth-order valence-corrected chi connectivity index (χ4v) is 5.51. The van der Waals surface area contributed by atoms with Crippen molar-refractivity contribution in [2.45, 2.75) is 31.1 Å². The molecule has 1 N–H and O–H groups in total. The Morgan fingerprint density at radius 3 is 2.52 bits per heavy atom. The minimum atomic E-state index is -3.71. The summed E-state index contributed by atoms with van der Waals surface area (Å²) in [6, 6.07) is 16.4. The number of furan rings is 1. The normalized spacial score (nSPS) is 16.8. The Morgan fingerprint density at radius 1 is 1.03 bits per heavy atom. The molecule has 0 unspecified atom stereocenters. The van der Waals surface area contributed by atoms with Crippen molar-refractivity contribution in [1.82, 2.24) is 0 Å². The molecule has 1 aromatic heterocycles. The topological polar surface area (TPSA) is 59.3 Å². The van der Waals surface area contributed by atoms with Gasteiger partial charge in [-0.2, -0.15) is 0 Å². The second-order valence-corrected chi connectivity index (χ2v) is 10.4. The lowest BCUT2D eigenvalue weighted by atomic mass is 9.87. The van der Waals surface area contributed by atoms with Crippen molar-refractivity contribution in [2.24, 2.45) is 5.92 Å². The number of sulfonamides is 1. The summed E-state index contributed by atoms with van der Waals surface area (Å²) in [5.74, 6) is 1.63. The summed E-state index contributed by atoms with van der Waals surface area (Å²) in [7, 11) is -3.71. The number of benzene rings is 3. The van der Waals surface area contributed by atoms with Gasteiger partial charge in [0.05, 0.1) is 10.6 Å². The fourth-order valence-electron chi connectivity index (χ4n) is 4.17. The van der Waals surface area contributed by atoms with Crippen molar-refractivity contribution >= 4 is 53.4 Å². The molecule has 1 aliphatic rings. The molecule has 0 amide bonds. The first-order valence-electron chi connectivity index (χ1n) is 9.67. The summed E-state index contributed by atoms with van der Waals surface area (Å²) >= 11 is 3.35. The summed E-state index contributed by atoms with van der Waals surface area (Å²) in [5.41, 5.74) is 2.65. The zero-order valence-electron chi connectivity index (χ0n) is 15.9. The Bertz CT molecular complexity index is 1340. The van der Waals surface area contributed by atoms with E-state index in [0.717, 1.165) is 51.2 Å². The highest BCUT2D eigenvalue weighted by molar-refractivity contribution is 9.10. The van der Waals surface area contributed by atoms with E-state index in [-0.39, 0.29) is 4.90 Å². The molecule has 1 aliphatic carbocycles. The number of halogens is 1. The van der Waals surface area contributed by atoms with Gasteiger partial charge in [0.15, 0.2) is 0 Å². The lowest BCUT2D eigenvalue weighted by Gasteiger charge is -2.17.